The predicted octanol–water partition coefficient (Wildman–Crippen LogP) is 0.859. The first-order valence-corrected chi connectivity index (χ1v) is 5.88. The van der Waals surface area contributed by atoms with Gasteiger partial charge in [0.2, 0.25) is 0 Å². The molecule has 0 unspecified atom stereocenters. The van der Waals surface area contributed by atoms with Crippen molar-refractivity contribution in [2.24, 2.45) is 0 Å². The third-order valence-electron chi connectivity index (χ3n) is 2.56. The van der Waals surface area contributed by atoms with Crippen LogP contribution in [0.5, 0.6) is 0 Å². The number of nitrogen functional groups attached to an aromatic ring is 1. The Bertz CT molecular complexity index is 474. The summed E-state index contributed by atoms with van der Waals surface area (Å²) in [6.07, 6.45) is 0.799. The molecule has 0 spiro atoms. The Labute approximate surface area is 111 Å². The number of hydrogen-bond donors (Lipinski definition) is 2. The topological polar surface area (TPSA) is 102 Å². The normalized spacial score (nSPS) is 10.5. The fraction of sp³-hybridized carbons (Fsp3) is 0.417. The summed E-state index contributed by atoms with van der Waals surface area (Å²) >= 11 is 0. The summed E-state index contributed by atoms with van der Waals surface area (Å²) in [5.41, 5.74) is 5.88. The molecule has 0 radical (unpaired) electrons. The minimum absolute atomic E-state index is 0.138. The molecule has 7 nitrogen and oxygen atoms in total. The molecule has 1 aromatic rings. The summed E-state index contributed by atoms with van der Waals surface area (Å²) in [7, 11) is 3.89. The van der Waals surface area contributed by atoms with Gasteiger partial charge in [-0.3, -0.25) is 14.9 Å². The van der Waals surface area contributed by atoms with Crippen LogP contribution in [0.3, 0.4) is 0 Å². The molecular weight excluding hydrogens is 248 g/mol. The van der Waals surface area contributed by atoms with Crippen molar-refractivity contribution in [3.8, 4) is 0 Å². The molecule has 3 N–H and O–H groups in total. The molecule has 0 aliphatic heterocycles. The second-order valence-corrected chi connectivity index (χ2v) is 4.44. The van der Waals surface area contributed by atoms with Crippen LogP contribution in [0.15, 0.2) is 18.2 Å². The first-order chi connectivity index (χ1) is 8.91. The fourth-order valence-corrected chi connectivity index (χ4v) is 1.55. The van der Waals surface area contributed by atoms with Crippen LogP contribution in [0.4, 0.5) is 11.4 Å². The lowest BCUT2D eigenvalue weighted by atomic mass is 10.1. The minimum atomic E-state index is -0.553. The lowest BCUT2D eigenvalue weighted by Crippen LogP contribution is -2.27. The molecule has 7 heteroatoms. The molecule has 104 valence electrons. The number of non-ortho nitro benzene ring substituents is 1. The van der Waals surface area contributed by atoms with Crippen LogP contribution in [0, 0.1) is 10.1 Å². The van der Waals surface area contributed by atoms with Gasteiger partial charge < -0.3 is 16.0 Å². The van der Waals surface area contributed by atoms with Gasteiger partial charge in [-0.05, 0) is 33.1 Å². The van der Waals surface area contributed by atoms with Crippen molar-refractivity contribution >= 4 is 17.3 Å². The molecule has 0 saturated heterocycles. The van der Waals surface area contributed by atoms with Crippen LogP contribution in [-0.2, 0) is 0 Å². The van der Waals surface area contributed by atoms with Crippen molar-refractivity contribution < 1.29 is 9.72 Å². The molecule has 0 aliphatic carbocycles. The van der Waals surface area contributed by atoms with E-state index in [0.29, 0.717) is 6.54 Å². The Kier molecular flexibility index (Phi) is 5.25. The van der Waals surface area contributed by atoms with E-state index < -0.39 is 4.92 Å². The smallest absolute Gasteiger partial charge is 0.270 e. The average Bonchev–Trinajstić information content (AvgIpc) is 2.34. The molecule has 0 heterocycles. The number of nitro groups is 1. The van der Waals surface area contributed by atoms with Gasteiger partial charge in [-0.2, -0.15) is 0 Å². The van der Waals surface area contributed by atoms with Gasteiger partial charge in [0.25, 0.3) is 11.6 Å². The van der Waals surface area contributed by atoms with Crippen LogP contribution in [-0.4, -0.2) is 42.9 Å². The summed E-state index contributed by atoms with van der Waals surface area (Å²) in [6.45, 7) is 1.35. The van der Waals surface area contributed by atoms with Gasteiger partial charge >= 0.3 is 0 Å². The van der Waals surface area contributed by atoms with Crippen molar-refractivity contribution in [1.29, 1.82) is 0 Å². The molecule has 0 fully saturated rings. The highest BCUT2D eigenvalue weighted by atomic mass is 16.6. The number of carbonyl (C=O) groups is 1. The maximum Gasteiger partial charge on any atom is 0.270 e. The van der Waals surface area contributed by atoms with E-state index in [-0.39, 0.29) is 22.8 Å². The van der Waals surface area contributed by atoms with E-state index in [0.717, 1.165) is 13.0 Å². The van der Waals surface area contributed by atoms with Crippen LogP contribution < -0.4 is 11.1 Å². The maximum absolute atomic E-state index is 11.9. The Morgan fingerprint density at radius 2 is 2.16 bits per heavy atom. The van der Waals surface area contributed by atoms with Gasteiger partial charge in [0.05, 0.1) is 10.5 Å². The zero-order valence-electron chi connectivity index (χ0n) is 11.0. The number of nitro benzene ring substituents is 1. The predicted molar refractivity (Wildman–Crippen MR) is 73.0 cm³/mol. The first kappa shape index (κ1) is 14.9. The third kappa shape index (κ3) is 4.55. The molecule has 0 aliphatic rings. The Morgan fingerprint density at radius 3 is 2.74 bits per heavy atom. The van der Waals surface area contributed by atoms with E-state index >= 15 is 0 Å². The molecule has 1 aromatic carbocycles. The van der Waals surface area contributed by atoms with E-state index in [1.807, 2.05) is 19.0 Å². The number of nitrogens with zero attached hydrogens (tertiary/aromatic N) is 2. The second-order valence-electron chi connectivity index (χ2n) is 4.44. The second kappa shape index (κ2) is 6.69. The molecule has 1 amide bonds. The van der Waals surface area contributed by atoms with E-state index in [1.54, 1.807) is 0 Å². The Hall–Kier alpha value is -2.15. The highest BCUT2D eigenvalue weighted by Gasteiger charge is 2.14. The SMILES string of the molecule is CN(C)CCCNC(=O)c1cc([N+](=O)[O-])ccc1N. The molecule has 0 atom stereocenters. The zero-order valence-corrected chi connectivity index (χ0v) is 11.0. The van der Waals surface area contributed by atoms with Crippen LogP contribution in [0.2, 0.25) is 0 Å². The molecule has 1 rings (SSSR count). The summed E-state index contributed by atoms with van der Waals surface area (Å²) < 4.78 is 0. The minimum Gasteiger partial charge on any atom is -0.398 e. The number of nitrogens with two attached hydrogens (primary N) is 1. The number of rotatable bonds is 6. The molecule has 0 aromatic heterocycles. The quantitative estimate of drug-likeness (QED) is 0.344. The van der Waals surface area contributed by atoms with Crippen molar-refractivity contribution in [2.75, 3.05) is 32.9 Å². The van der Waals surface area contributed by atoms with Crippen molar-refractivity contribution in [3.63, 3.8) is 0 Å². The number of benzene rings is 1. The largest absolute Gasteiger partial charge is 0.398 e. The van der Waals surface area contributed by atoms with E-state index in [4.69, 9.17) is 5.73 Å². The Balaban J connectivity index is 2.66. The summed E-state index contributed by atoms with van der Waals surface area (Å²) in [4.78, 5) is 24.0. The lowest BCUT2D eigenvalue weighted by Gasteiger charge is -2.10. The van der Waals surface area contributed by atoms with E-state index in [9.17, 15) is 14.9 Å². The monoisotopic (exact) mass is 266 g/mol. The van der Waals surface area contributed by atoms with E-state index in [1.165, 1.54) is 18.2 Å². The maximum atomic E-state index is 11.9. The number of anilines is 1. The van der Waals surface area contributed by atoms with Gasteiger partial charge in [0.15, 0.2) is 0 Å². The van der Waals surface area contributed by atoms with Crippen LogP contribution >= 0.6 is 0 Å². The number of hydrogen-bond acceptors (Lipinski definition) is 5. The molecular formula is C12H18N4O3. The van der Waals surface area contributed by atoms with Crippen molar-refractivity contribution in [2.45, 2.75) is 6.42 Å². The average molecular weight is 266 g/mol. The van der Waals surface area contributed by atoms with Crippen molar-refractivity contribution in [3.05, 3.63) is 33.9 Å². The van der Waals surface area contributed by atoms with Gasteiger partial charge in [-0.1, -0.05) is 0 Å². The Morgan fingerprint density at radius 1 is 1.47 bits per heavy atom. The lowest BCUT2D eigenvalue weighted by molar-refractivity contribution is -0.384. The molecule has 19 heavy (non-hydrogen) atoms. The summed E-state index contributed by atoms with van der Waals surface area (Å²) in [5, 5.41) is 13.3. The first-order valence-electron chi connectivity index (χ1n) is 5.88. The number of amides is 1. The van der Waals surface area contributed by atoms with E-state index in [2.05, 4.69) is 5.32 Å². The zero-order chi connectivity index (χ0) is 14.4. The van der Waals surface area contributed by atoms with Gasteiger partial charge in [0.1, 0.15) is 0 Å². The number of nitrogens with one attached hydrogen (secondary N) is 1. The standard InChI is InChI=1S/C12H18N4O3/c1-15(2)7-3-6-14-12(17)10-8-9(16(18)19)4-5-11(10)13/h4-5,8H,3,6-7,13H2,1-2H3,(H,14,17). The summed E-state index contributed by atoms with van der Waals surface area (Å²) in [6, 6.07) is 3.83. The highest BCUT2D eigenvalue weighted by molar-refractivity contribution is 5.99. The fourth-order valence-electron chi connectivity index (χ4n) is 1.55. The third-order valence-corrected chi connectivity index (χ3v) is 2.56. The summed E-state index contributed by atoms with van der Waals surface area (Å²) in [5.74, 6) is -0.389. The highest BCUT2D eigenvalue weighted by Crippen LogP contribution is 2.19. The molecule has 0 bridgehead atoms. The number of carbonyl (C=O) groups excluding carboxylic acids is 1. The molecule has 0 saturated carbocycles. The van der Waals surface area contributed by atoms with Crippen LogP contribution in [0.1, 0.15) is 16.8 Å². The van der Waals surface area contributed by atoms with Gasteiger partial charge in [-0.25, -0.2) is 0 Å². The van der Waals surface area contributed by atoms with Crippen molar-refractivity contribution in [1.82, 2.24) is 10.2 Å². The van der Waals surface area contributed by atoms with Gasteiger partial charge in [-0.15, -0.1) is 0 Å². The van der Waals surface area contributed by atoms with Gasteiger partial charge in [0, 0.05) is 24.4 Å². The van der Waals surface area contributed by atoms with Crippen LogP contribution in [0.25, 0.3) is 0 Å².